The van der Waals surface area contributed by atoms with Gasteiger partial charge in [-0.3, -0.25) is 18.6 Å². The summed E-state index contributed by atoms with van der Waals surface area (Å²) in [6, 6.07) is 0. The molecule has 1 saturated carbocycles. The Bertz CT molecular complexity index is 1410. The van der Waals surface area contributed by atoms with E-state index < -0.39 is 75.7 Å². The third-order valence-electron chi connectivity index (χ3n) is 11.1. The summed E-state index contributed by atoms with van der Waals surface area (Å²) in [6.07, 6.45) is 38.5. The Morgan fingerprint density at radius 2 is 0.923 bits per heavy atom. The fourth-order valence-electron chi connectivity index (χ4n) is 7.12. The van der Waals surface area contributed by atoms with Crippen LogP contribution in [0.15, 0.2) is 72.9 Å². The number of hydrogen-bond donors (Lipinski definition) is 6. The van der Waals surface area contributed by atoms with E-state index in [1.54, 1.807) is 12.2 Å². The molecule has 0 amide bonds. The van der Waals surface area contributed by atoms with Crippen molar-refractivity contribution in [1.82, 2.24) is 0 Å². The number of ether oxygens (including phenoxy) is 2. The quantitative estimate of drug-likeness (QED) is 0.0146. The lowest BCUT2D eigenvalue weighted by Crippen LogP contribution is -2.64. The molecule has 374 valence electrons. The molecule has 1 rings (SSSR count). The van der Waals surface area contributed by atoms with Gasteiger partial charge in [-0.25, -0.2) is 4.57 Å². The molecule has 0 heterocycles. The summed E-state index contributed by atoms with van der Waals surface area (Å²) in [5, 5.41) is 50.2. The molecule has 65 heavy (non-hydrogen) atoms. The molecule has 1 aliphatic rings. The largest absolute Gasteiger partial charge is 0.472 e. The number of aliphatic hydroxyl groups excluding tert-OH is 5. The fourth-order valence-corrected chi connectivity index (χ4v) is 8.09. The first kappa shape index (κ1) is 60.3. The molecular formula is C51H87O13P. The molecule has 0 aromatic carbocycles. The first-order valence-corrected chi connectivity index (χ1v) is 26.2. The van der Waals surface area contributed by atoms with Gasteiger partial charge in [0.1, 0.15) is 43.2 Å². The highest BCUT2D eigenvalue weighted by Crippen LogP contribution is 2.47. The van der Waals surface area contributed by atoms with E-state index in [1.807, 2.05) is 12.2 Å². The van der Waals surface area contributed by atoms with E-state index in [1.165, 1.54) is 83.5 Å². The summed E-state index contributed by atoms with van der Waals surface area (Å²) in [5.74, 6) is -1.25. The topological polar surface area (TPSA) is 210 Å². The monoisotopic (exact) mass is 939 g/mol. The number of phosphoric acid groups is 1. The summed E-state index contributed by atoms with van der Waals surface area (Å²) in [7, 11) is -5.15. The van der Waals surface area contributed by atoms with Crippen LogP contribution in [0.4, 0.5) is 0 Å². The van der Waals surface area contributed by atoms with Crippen LogP contribution in [-0.2, 0) is 32.7 Å². The Hall–Kier alpha value is -2.71. The highest BCUT2D eigenvalue weighted by molar-refractivity contribution is 7.47. The van der Waals surface area contributed by atoms with E-state index in [4.69, 9.17) is 18.5 Å². The van der Waals surface area contributed by atoms with E-state index in [2.05, 4.69) is 62.5 Å². The van der Waals surface area contributed by atoms with Crippen molar-refractivity contribution in [2.24, 2.45) is 0 Å². The first-order valence-electron chi connectivity index (χ1n) is 24.7. The van der Waals surface area contributed by atoms with Gasteiger partial charge in [0.25, 0.3) is 0 Å². The van der Waals surface area contributed by atoms with E-state index in [0.717, 1.165) is 57.8 Å². The lowest BCUT2D eigenvalue weighted by atomic mass is 9.85. The van der Waals surface area contributed by atoms with Gasteiger partial charge in [-0.1, -0.05) is 177 Å². The van der Waals surface area contributed by atoms with Crippen LogP contribution >= 0.6 is 7.82 Å². The van der Waals surface area contributed by atoms with Crippen molar-refractivity contribution in [2.45, 2.75) is 224 Å². The zero-order chi connectivity index (χ0) is 47.8. The third-order valence-corrected chi connectivity index (χ3v) is 12.0. The number of unbranched alkanes of at least 4 members (excludes halogenated alkanes) is 17. The van der Waals surface area contributed by atoms with Gasteiger partial charge in [0.05, 0.1) is 13.0 Å². The van der Waals surface area contributed by atoms with Gasteiger partial charge < -0.3 is 39.9 Å². The summed E-state index contributed by atoms with van der Waals surface area (Å²) >= 11 is 0. The van der Waals surface area contributed by atoms with Crippen LogP contribution in [0.1, 0.15) is 181 Å². The van der Waals surface area contributed by atoms with Crippen LogP contribution in [-0.4, -0.2) is 98.3 Å². The molecule has 0 radical (unpaired) electrons. The van der Waals surface area contributed by atoms with Crippen molar-refractivity contribution in [3.8, 4) is 0 Å². The van der Waals surface area contributed by atoms with E-state index >= 15 is 0 Å². The minimum atomic E-state index is -5.15. The molecule has 6 unspecified atom stereocenters. The van der Waals surface area contributed by atoms with Crippen molar-refractivity contribution < 1.29 is 63.1 Å². The smallest absolute Gasteiger partial charge is 0.462 e. The van der Waals surface area contributed by atoms with Crippen LogP contribution in [0.3, 0.4) is 0 Å². The zero-order valence-corrected chi connectivity index (χ0v) is 40.7. The Morgan fingerprint density at radius 3 is 1.40 bits per heavy atom. The number of carbonyl (C=O) groups is 2. The number of allylic oxidation sites excluding steroid dienone is 11. The minimum absolute atomic E-state index is 0.138. The van der Waals surface area contributed by atoms with Gasteiger partial charge >= 0.3 is 19.8 Å². The van der Waals surface area contributed by atoms with E-state index in [-0.39, 0.29) is 12.8 Å². The lowest BCUT2D eigenvalue weighted by molar-refractivity contribution is -0.220. The van der Waals surface area contributed by atoms with Crippen LogP contribution < -0.4 is 0 Å². The molecule has 14 heteroatoms. The van der Waals surface area contributed by atoms with Crippen LogP contribution in [0.2, 0.25) is 0 Å². The van der Waals surface area contributed by atoms with Crippen LogP contribution in [0.5, 0.6) is 0 Å². The van der Waals surface area contributed by atoms with E-state index in [0.29, 0.717) is 12.8 Å². The normalized spacial score (nSPS) is 22.0. The molecule has 13 nitrogen and oxygen atoms in total. The summed E-state index contributed by atoms with van der Waals surface area (Å²) in [5.41, 5.74) is 0. The Morgan fingerprint density at radius 1 is 0.508 bits per heavy atom. The Balaban J connectivity index is 2.45. The average molecular weight is 939 g/mol. The summed E-state index contributed by atoms with van der Waals surface area (Å²) in [4.78, 5) is 35.7. The first-order chi connectivity index (χ1) is 31.4. The molecule has 0 aromatic rings. The average Bonchev–Trinajstić information content (AvgIpc) is 3.29. The summed E-state index contributed by atoms with van der Waals surface area (Å²) < 4.78 is 33.4. The standard InChI is InChI=1S/C51H87O13P/c1-3-5-7-9-11-13-15-17-19-20-21-22-23-24-26-27-29-31-33-35-37-39-44(52)61-41-43(42-62-65(59,60)64-51-49(57)47(55)46(54)48(56)50(51)58)63-45(53)40-38-36-34-32-30-28-25-18-16-14-12-10-8-6-4-2/h6,8,12,14,18,20-21,25,30,32,36,38,43,46-51,54-58H,3-5,7,9-11,13,15-17,19,22-24,26-29,31,33-35,37,39-42H2,1-2H3,(H,59,60)/b8-6-,14-12-,21-20-,25-18-,32-30-,38-36-. The minimum Gasteiger partial charge on any atom is -0.462 e. The number of esters is 2. The molecule has 0 bridgehead atoms. The van der Waals surface area contributed by atoms with Gasteiger partial charge in [0.15, 0.2) is 6.10 Å². The molecular weight excluding hydrogens is 852 g/mol. The van der Waals surface area contributed by atoms with Crippen molar-refractivity contribution in [3.05, 3.63) is 72.9 Å². The van der Waals surface area contributed by atoms with Gasteiger partial charge in [-0.05, 0) is 64.2 Å². The molecule has 1 aliphatic carbocycles. The second kappa shape index (κ2) is 40.4. The molecule has 0 spiro atoms. The molecule has 0 aromatic heterocycles. The number of hydrogen-bond acceptors (Lipinski definition) is 12. The lowest BCUT2D eigenvalue weighted by Gasteiger charge is -2.41. The predicted octanol–water partition coefficient (Wildman–Crippen LogP) is 10.3. The maximum atomic E-state index is 12.8. The number of rotatable bonds is 40. The van der Waals surface area contributed by atoms with Crippen LogP contribution in [0, 0.1) is 0 Å². The second-order valence-electron chi connectivity index (χ2n) is 17.0. The highest BCUT2D eigenvalue weighted by atomic mass is 31.2. The second-order valence-corrected chi connectivity index (χ2v) is 18.4. The van der Waals surface area contributed by atoms with Crippen molar-refractivity contribution in [3.63, 3.8) is 0 Å². The number of phosphoric ester groups is 1. The molecule has 6 N–H and O–H groups in total. The van der Waals surface area contributed by atoms with Gasteiger partial charge in [0.2, 0.25) is 0 Å². The van der Waals surface area contributed by atoms with E-state index in [9.17, 15) is 44.6 Å². The van der Waals surface area contributed by atoms with Gasteiger partial charge in [-0.15, -0.1) is 0 Å². The highest BCUT2D eigenvalue weighted by Gasteiger charge is 2.51. The van der Waals surface area contributed by atoms with Crippen molar-refractivity contribution >= 4 is 19.8 Å². The maximum Gasteiger partial charge on any atom is 0.472 e. The molecule has 0 aliphatic heterocycles. The molecule has 0 saturated heterocycles. The third kappa shape index (κ3) is 32.6. The Kier molecular flexibility index (Phi) is 37.5. The van der Waals surface area contributed by atoms with Gasteiger partial charge in [0, 0.05) is 6.42 Å². The summed E-state index contributed by atoms with van der Waals surface area (Å²) in [6.45, 7) is 3.10. The van der Waals surface area contributed by atoms with Crippen LogP contribution in [0.25, 0.3) is 0 Å². The Labute approximate surface area is 391 Å². The number of carbonyl (C=O) groups excluding carboxylic acids is 2. The SMILES string of the molecule is CC/C=C\C/C=C\C/C=C\C/C=C\C/C=C\CC(=O)OC(COC(=O)CCCCCCCCCCC/C=C\CCCCCCCCCC)COP(=O)(O)OC1C(O)C(O)C(O)C(O)C1O. The fraction of sp³-hybridized carbons (Fsp3) is 0.725. The molecule has 6 atom stereocenters. The van der Waals surface area contributed by atoms with Crippen molar-refractivity contribution in [1.29, 1.82) is 0 Å². The zero-order valence-electron chi connectivity index (χ0n) is 39.8. The predicted molar refractivity (Wildman–Crippen MR) is 258 cm³/mol. The maximum absolute atomic E-state index is 12.8. The molecule has 1 fully saturated rings. The van der Waals surface area contributed by atoms with Gasteiger partial charge in [-0.2, -0.15) is 0 Å². The number of aliphatic hydroxyl groups is 5. The van der Waals surface area contributed by atoms with Crippen molar-refractivity contribution in [2.75, 3.05) is 13.2 Å².